The molecule has 1 aromatic rings. The van der Waals surface area contributed by atoms with Crippen molar-refractivity contribution in [2.24, 2.45) is 0 Å². The second-order valence-electron chi connectivity index (χ2n) is 4.57. The van der Waals surface area contributed by atoms with Crippen LogP contribution in [0.2, 0.25) is 0 Å². The highest BCUT2D eigenvalue weighted by molar-refractivity contribution is 5.49. The molecule has 1 aliphatic rings. The number of anilines is 1. The molecule has 88 valence electrons. The van der Waals surface area contributed by atoms with E-state index >= 15 is 0 Å². The van der Waals surface area contributed by atoms with Gasteiger partial charge in [-0.05, 0) is 44.5 Å². The highest BCUT2D eigenvalue weighted by atomic mass is 15.2. The number of rotatable bonds is 3. The zero-order valence-corrected chi connectivity index (χ0v) is 10.2. The number of piperidine rings is 1. The van der Waals surface area contributed by atoms with Gasteiger partial charge in [0.25, 0.3) is 0 Å². The second kappa shape index (κ2) is 5.30. The highest BCUT2D eigenvalue weighted by Gasteiger charge is 2.18. The fourth-order valence-electron chi connectivity index (χ4n) is 2.32. The first-order valence-electron chi connectivity index (χ1n) is 6.19. The van der Waals surface area contributed by atoms with Crippen molar-refractivity contribution in [2.75, 3.05) is 25.0 Å². The molecular weight excluding hydrogens is 198 g/mol. The van der Waals surface area contributed by atoms with E-state index in [1.54, 1.807) is 0 Å². The highest BCUT2D eigenvalue weighted by Crippen LogP contribution is 2.18. The predicted octanol–water partition coefficient (Wildman–Crippen LogP) is 2.29. The molecule has 1 saturated heterocycles. The average molecular weight is 219 g/mol. The van der Waals surface area contributed by atoms with Crippen molar-refractivity contribution in [2.45, 2.75) is 32.7 Å². The van der Waals surface area contributed by atoms with Gasteiger partial charge in [-0.15, -0.1) is 0 Å². The van der Waals surface area contributed by atoms with Crippen LogP contribution in [0.1, 0.15) is 25.3 Å². The smallest absolute Gasteiger partial charge is 0.0403 e. The van der Waals surface area contributed by atoms with Crippen molar-refractivity contribution in [3.05, 3.63) is 24.0 Å². The summed E-state index contributed by atoms with van der Waals surface area (Å²) >= 11 is 0. The van der Waals surface area contributed by atoms with Crippen LogP contribution in [-0.2, 0) is 0 Å². The largest absolute Gasteiger partial charge is 0.381 e. The molecule has 0 saturated carbocycles. The van der Waals surface area contributed by atoms with Crippen molar-refractivity contribution < 1.29 is 0 Å². The van der Waals surface area contributed by atoms with E-state index in [4.69, 9.17) is 0 Å². The van der Waals surface area contributed by atoms with Crippen LogP contribution in [-0.4, -0.2) is 35.6 Å². The maximum Gasteiger partial charge on any atom is 0.0403 e. The molecule has 3 heteroatoms. The molecule has 1 aromatic heterocycles. The van der Waals surface area contributed by atoms with Gasteiger partial charge in [0.2, 0.25) is 0 Å². The van der Waals surface area contributed by atoms with E-state index in [0.717, 1.165) is 13.1 Å². The summed E-state index contributed by atoms with van der Waals surface area (Å²) in [4.78, 5) is 6.63. The summed E-state index contributed by atoms with van der Waals surface area (Å²) in [6.45, 7) is 7.92. The molecule has 0 spiro atoms. The molecule has 1 atom stereocenters. The Kier molecular flexibility index (Phi) is 3.78. The molecule has 2 rings (SSSR count). The Morgan fingerprint density at radius 3 is 3.19 bits per heavy atom. The third-order valence-corrected chi connectivity index (χ3v) is 3.33. The standard InChI is InChI=1S/C13H21N3/c1-3-16-8-4-5-12(10-16)15-13-6-7-14-9-11(13)2/h6-7,9,12H,3-5,8,10H2,1-2H3,(H,14,15). The SMILES string of the molecule is CCN1CCCC(Nc2ccncc2C)C1. The minimum Gasteiger partial charge on any atom is -0.381 e. The Labute approximate surface area is 97.9 Å². The van der Waals surface area contributed by atoms with Gasteiger partial charge < -0.3 is 10.2 Å². The van der Waals surface area contributed by atoms with Crippen molar-refractivity contribution in [3.8, 4) is 0 Å². The van der Waals surface area contributed by atoms with Crippen LogP contribution in [0.4, 0.5) is 5.69 Å². The van der Waals surface area contributed by atoms with Gasteiger partial charge in [0, 0.05) is 30.7 Å². The van der Waals surface area contributed by atoms with Gasteiger partial charge in [-0.2, -0.15) is 0 Å². The van der Waals surface area contributed by atoms with Crippen molar-refractivity contribution >= 4 is 5.69 Å². The Morgan fingerprint density at radius 2 is 2.44 bits per heavy atom. The molecule has 0 radical (unpaired) electrons. The third-order valence-electron chi connectivity index (χ3n) is 3.33. The van der Waals surface area contributed by atoms with Crippen molar-refractivity contribution in [1.29, 1.82) is 0 Å². The molecule has 0 bridgehead atoms. The summed E-state index contributed by atoms with van der Waals surface area (Å²) in [5.74, 6) is 0. The zero-order valence-electron chi connectivity index (χ0n) is 10.2. The summed E-state index contributed by atoms with van der Waals surface area (Å²) in [7, 11) is 0. The number of likely N-dealkylation sites (N-methyl/N-ethyl adjacent to an activating group) is 1. The van der Waals surface area contributed by atoms with Crippen molar-refractivity contribution in [1.82, 2.24) is 9.88 Å². The summed E-state index contributed by atoms with van der Waals surface area (Å²) in [6.07, 6.45) is 6.35. The second-order valence-corrected chi connectivity index (χ2v) is 4.57. The molecule has 0 amide bonds. The molecule has 1 fully saturated rings. The predicted molar refractivity (Wildman–Crippen MR) is 67.7 cm³/mol. The van der Waals surface area contributed by atoms with Crippen LogP contribution in [0.5, 0.6) is 0 Å². The van der Waals surface area contributed by atoms with Crippen LogP contribution in [0.25, 0.3) is 0 Å². The van der Waals surface area contributed by atoms with E-state index in [0.29, 0.717) is 6.04 Å². The summed E-state index contributed by atoms with van der Waals surface area (Å²) in [5.41, 5.74) is 2.47. The lowest BCUT2D eigenvalue weighted by Gasteiger charge is -2.33. The first-order valence-corrected chi connectivity index (χ1v) is 6.19. The number of nitrogens with zero attached hydrogens (tertiary/aromatic N) is 2. The molecular formula is C13H21N3. The normalized spacial score (nSPS) is 22.0. The number of aryl methyl sites for hydroxylation is 1. The minimum absolute atomic E-state index is 0.592. The molecule has 0 aromatic carbocycles. The van der Waals surface area contributed by atoms with E-state index < -0.39 is 0 Å². The van der Waals surface area contributed by atoms with Crippen LogP contribution in [0.15, 0.2) is 18.5 Å². The monoisotopic (exact) mass is 219 g/mol. The first kappa shape index (κ1) is 11.4. The van der Waals surface area contributed by atoms with Gasteiger partial charge in [0.05, 0.1) is 0 Å². The summed E-state index contributed by atoms with van der Waals surface area (Å²) in [6, 6.07) is 2.66. The lowest BCUT2D eigenvalue weighted by Crippen LogP contribution is -2.41. The van der Waals surface area contributed by atoms with Crippen LogP contribution in [0.3, 0.4) is 0 Å². The number of aromatic nitrogens is 1. The zero-order chi connectivity index (χ0) is 11.4. The van der Waals surface area contributed by atoms with Crippen LogP contribution < -0.4 is 5.32 Å². The summed E-state index contributed by atoms with van der Waals surface area (Å²) < 4.78 is 0. The lowest BCUT2D eigenvalue weighted by molar-refractivity contribution is 0.227. The molecule has 0 aliphatic carbocycles. The van der Waals surface area contributed by atoms with Gasteiger partial charge in [0.1, 0.15) is 0 Å². The molecule has 1 aliphatic heterocycles. The average Bonchev–Trinajstić information content (AvgIpc) is 2.32. The molecule has 16 heavy (non-hydrogen) atoms. The van der Waals surface area contributed by atoms with E-state index in [2.05, 4.69) is 35.1 Å². The fraction of sp³-hybridized carbons (Fsp3) is 0.615. The Bertz CT molecular complexity index is 338. The van der Waals surface area contributed by atoms with Gasteiger partial charge in [0.15, 0.2) is 0 Å². The molecule has 3 nitrogen and oxygen atoms in total. The minimum atomic E-state index is 0.592. The number of nitrogens with one attached hydrogen (secondary N) is 1. The third kappa shape index (κ3) is 2.73. The number of hydrogen-bond acceptors (Lipinski definition) is 3. The van der Waals surface area contributed by atoms with Gasteiger partial charge in [-0.3, -0.25) is 4.98 Å². The van der Waals surface area contributed by atoms with Crippen molar-refractivity contribution in [3.63, 3.8) is 0 Å². The van der Waals surface area contributed by atoms with E-state index in [-0.39, 0.29) is 0 Å². The van der Waals surface area contributed by atoms with Gasteiger partial charge >= 0.3 is 0 Å². The topological polar surface area (TPSA) is 28.2 Å². The molecule has 2 heterocycles. The Morgan fingerprint density at radius 1 is 1.56 bits per heavy atom. The maximum atomic E-state index is 4.12. The number of pyridine rings is 1. The van der Waals surface area contributed by atoms with Crippen LogP contribution >= 0.6 is 0 Å². The fourth-order valence-corrected chi connectivity index (χ4v) is 2.32. The number of likely N-dealkylation sites (tertiary alicyclic amines) is 1. The summed E-state index contributed by atoms with van der Waals surface area (Å²) in [5, 5.41) is 3.63. The van der Waals surface area contributed by atoms with E-state index in [1.165, 1.54) is 30.6 Å². The van der Waals surface area contributed by atoms with Crippen LogP contribution in [0, 0.1) is 6.92 Å². The maximum absolute atomic E-state index is 4.12. The lowest BCUT2D eigenvalue weighted by atomic mass is 10.1. The van der Waals surface area contributed by atoms with E-state index in [1.807, 2.05) is 12.4 Å². The molecule has 1 unspecified atom stereocenters. The number of hydrogen-bond donors (Lipinski definition) is 1. The Hall–Kier alpha value is -1.09. The van der Waals surface area contributed by atoms with E-state index in [9.17, 15) is 0 Å². The van der Waals surface area contributed by atoms with Gasteiger partial charge in [-0.25, -0.2) is 0 Å². The van der Waals surface area contributed by atoms with Gasteiger partial charge in [-0.1, -0.05) is 6.92 Å². The first-order chi connectivity index (χ1) is 7.79. The molecule has 1 N–H and O–H groups in total. The Balaban J connectivity index is 1.97. The quantitative estimate of drug-likeness (QED) is 0.845.